The van der Waals surface area contributed by atoms with Gasteiger partial charge in [-0.25, -0.2) is 9.00 Å². The average molecular weight is 725 g/mol. The van der Waals surface area contributed by atoms with Gasteiger partial charge in [0.2, 0.25) is 0 Å². The molecular weight excluding hydrogens is 676 g/mol. The number of urea groups is 1. The summed E-state index contributed by atoms with van der Waals surface area (Å²) in [5, 5.41) is 13.6. The first-order chi connectivity index (χ1) is 23.8. The van der Waals surface area contributed by atoms with E-state index >= 15 is 0 Å². The molecule has 0 saturated heterocycles. The van der Waals surface area contributed by atoms with Gasteiger partial charge < -0.3 is 24.8 Å². The molecule has 0 aromatic heterocycles. The van der Waals surface area contributed by atoms with E-state index in [9.17, 15) is 18.9 Å². The van der Waals surface area contributed by atoms with Crippen LogP contribution in [0.3, 0.4) is 0 Å². The van der Waals surface area contributed by atoms with Crippen LogP contribution < -0.4 is 19.7 Å². The Morgan fingerprint density at radius 3 is 2.76 bits per heavy atom. The van der Waals surface area contributed by atoms with E-state index in [-0.39, 0.29) is 34.8 Å². The molecule has 1 unspecified atom stereocenters. The topological polar surface area (TPSA) is 130 Å². The maximum Gasteiger partial charge on any atom is 0.327 e. The fourth-order valence-corrected chi connectivity index (χ4v) is 10.9. The maximum absolute atomic E-state index is 14.4. The van der Waals surface area contributed by atoms with Crippen LogP contribution in [0, 0.1) is 17.8 Å². The number of fused-ring (bicyclic) bond motifs is 4. The zero-order valence-electron chi connectivity index (χ0n) is 29.2. The third kappa shape index (κ3) is 7.29. The lowest BCUT2D eigenvalue weighted by Crippen LogP contribution is -2.56. The zero-order valence-corrected chi connectivity index (χ0v) is 30.7. The SMILES string of the molecule is CO[C@H]1/C=C/C[C@H](C)CS(=O)(NC(=O)NC2CC(C)(O)C2)=NC(=O)c2ccc3c(c2)N(C[C@@H]2CC[C@H]21)C[C@@]1(CCCc2cc(Cl)ccc21)CO3. The van der Waals surface area contributed by atoms with E-state index in [2.05, 4.69) is 43.6 Å². The van der Waals surface area contributed by atoms with Crippen molar-refractivity contribution in [1.29, 1.82) is 0 Å². The summed E-state index contributed by atoms with van der Waals surface area (Å²) in [7, 11) is -1.76. The van der Waals surface area contributed by atoms with Crippen molar-refractivity contribution in [3.63, 3.8) is 0 Å². The van der Waals surface area contributed by atoms with Crippen LogP contribution in [0.4, 0.5) is 10.5 Å². The minimum atomic E-state index is -3.52. The van der Waals surface area contributed by atoms with Gasteiger partial charge in [0.25, 0.3) is 5.91 Å². The lowest BCUT2D eigenvalue weighted by molar-refractivity contribution is -0.0353. The Morgan fingerprint density at radius 1 is 1.20 bits per heavy atom. The lowest BCUT2D eigenvalue weighted by Gasteiger charge is -2.46. The summed E-state index contributed by atoms with van der Waals surface area (Å²) in [4.78, 5) is 29.3. The van der Waals surface area contributed by atoms with E-state index in [4.69, 9.17) is 21.1 Å². The van der Waals surface area contributed by atoms with Gasteiger partial charge in [-0.1, -0.05) is 36.7 Å². The number of aliphatic hydroxyl groups is 1. The number of hydrogen-bond acceptors (Lipinski definition) is 7. The van der Waals surface area contributed by atoms with Crippen LogP contribution >= 0.6 is 11.6 Å². The van der Waals surface area contributed by atoms with Crippen molar-refractivity contribution in [2.45, 2.75) is 88.4 Å². The van der Waals surface area contributed by atoms with Gasteiger partial charge in [-0.05, 0) is 118 Å². The molecule has 10 nitrogen and oxygen atoms in total. The van der Waals surface area contributed by atoms with Crippen molar-refractivity contribution >= 4 is 39.1 Å². The first kappa shape index (κ1) is 35.3. The van der Waals surface area contributed by atoms with Crippen molar-refractivity contribution in [3.8, 4) is 5.75 Å². The molecule has 7 rings (SSSR count). The number of halogens is 1. The number of ether oxygens (including phenoxy) is 2. The molecule has 0 radical (unpaired) electrons. The summed E-state index contributed by atoms with van der Waals surface area (Å²) in [5.74, 6) is 0.607. The van der Waals surface area contributed by atoms with Gasteiger partial charge in [-0.2, -0.15) is 0 Å². The lowest BCUT2D eigenvalue weighted by atomic mass is 9.68. The van der Waals surface area contributed by atoms with Crippen LogP contribution in [0.5, 0.6) is 5.75 Å². The molecule has 2 bridgehead atoms. The Kier molecular flexibility index (Phi) is 9.73. The number of rotatable bonds is 3. The average Bonchev–Trinajstić information content (AvgIpc) is 3.17. The van der Waals surface area contributed by atoms with E-state index in [1.165, 1.54) is 11.1 Å². The number of carbonyl (C=O) groups excluding carboxylic acids is 2. The van der Waals surface area contributed by atoms with Gasteiger partial charge >= 0.3 is 6.03 Å². The minimum absolute atomic E-state index is 0.00525. The van der Waals surface area contributed by atoms with E-state index < -0.39 is 27.5 Å². The fourth-order valence-electron chi connectivity index (χ4n) is 8.83. The van der Waals surface area contributed by atoms with Crippen molar-refractivity contribution in [2.24, 2.45) is 22.1 Å². The Labute approximate surface area is 300 Å². The van der Waals surface area contributed by atoms with Crippen LogP contribution in [0.25, 0.3) is 0 Å². The smallest absolute Gasteiger partial charge is 0.327 e. The van der Waals surface area contributed by atoms with E-state index in [0.717, 1.165) is 49.4 Å². The van der Waals surface area contributed by atoms with Gasteiger partial charge in [0, 0.05) is 42.2 Å². The van der Waals surface area contributed by atoms with Crippen LogP contribution in [0.1, 0.15) is 80.3 Å². The number of hydrogen-bond donors (Lipinski definition) is 3. The Balaban J connectivity index is 1.26. The summed E-state index contributed by atoms with van der Waals surface area (Å²) in [5.41, 5.74) is 2.53. The second kappa shape index (κ2) is 13.8. The fraction of sp³-hybridized carbons (Fsp3) is 0.579. The highest BCUT2D eigenvalue weighted by Crippen LogP contribution is 2.47. The summed E-state index contributed by atoms with van der Waals surface area (Å²) in [6.45, 7) is 5.64. The Bertz CT molecular complexity index is 1800. The van der Waals surface area contributed by atoms with Gasteiger partial charge in [0.1, 0.15) is 15.7 Å². The molecule has 50 heavy (non-hydrogen) atoms. The van der Waals surface area contributed by atoms with E-state index in [1.807, 2.05) is 25.1 Å². The largest absolute Gasteiger partial charge is 0.490 e. The molecule has 3 N–H and O–H groups in total. The number of nitrogens with zero attached hydrogens (tertiary/aromatic N) is 2. The summed E-state index contributed by atoms with van der Waals surface area (Å²) in [6.07, 6.45) is 10.6. The normalized spacial score (nSPS) is 35.9. The summed E-state index contributed by atoms with van der Waals surface area (Å²) >= 11 is 6.45. The molecule has 2 aromatic carbocycles. The predicted octanol–water partition coefficient (Wildman–Crippen LogP) is 6.19. The molecule has 2 aliphatic heterocycles. The number of nitrogens with one attached hydrogen (secondary N) is 2. The highest BCUT2D eigenvalue weighted by atomic mass is 35.5. The minimum Gasteiger partial charge on any atom is -0.490 e. The number of methoxy groups -OCH3 is 1. The third-order valence-electron chi connectivity index (χ3n) is 11.5. The molecular formula is C38H49ClN4O6S. The van der Waals surface area contributed by atoms with Crippen molar-refractivity contribution in [3.05, 3.63) is 70.3 Å². The van der Waals surface area contributed by atoms with Gasteiger partial charge in [-0.3, -0.25) is 9.52 Å². The van der Waals surface area contributed by atoms with Crippen LogP contribution in [-0.4, -0.2) is 71.6 Å². The molecule has 2 saturated carbocycles. The monoisotopic (exact) mass is 724 g/mol. The van der Waals surface area contributed by atoms with Crippen LogP contribution in [-0.2, 0) is 26.5 Å². The van der Waals surface area contributed by atoms with Gasteiger partial charge in [0.15, 0.2) is 0 Å². The van der Waals surface area contributed by atoms with Crippen LogP contribution in [0.2, 0.25) is 5.02 Å². The maximum atomic E-state index is 14.4. The molecule has 3 aliphatic carbocycles. The standard InChI is InChI=1S/C38H49ClN4O6S/c1-24-6-4-8-33(48-3)30-12-9-27(30)20-43-22-38(15-5-7-25-16-28(39)11-13-31(25)38)23-49-34-14-10-26(17-32(34)43)35(44)41-50(47,21-24)42-36(45)40-29-18-37(2,46)19-29/h4,8,10-11,13-14,16-17,24,27,29-30,33,46H,5-7,9,12,15,18-23H2,1-3H3,(H2,40,41,42,44,45,47)/b8-4+/t24-,27-,29?,30+,33-,37?,38-,50?/m0/s1. The second-order valence-electron chi connectivity index (χ2n) is 15.6. The number of anilines is 1. The highest BCUT2D eigenvalue weighted by Gasteiger charge is 2.45. The number of benzene rings is 2. The molecule has 2 aromatic rings. The first-order valence-electron chi connectivity index (χ1n) is 17.9. The Hall–Kier alpha value is -3.12. The molecule has 3 amide bonds. The van der Waals surface area contributed by atoms with E-state index in [1.54, 1.807) is 20.1 Å². The highest BCUT2D eigenvalue weighted by molar-refractivity contribution is 7.92. The van der Waals surface area contributed by atoms with Crippen molar-refractivity contribution in [2.75, 3.05) is 37.5 Å². The molecule has 12 heteroatoms. The molecule has 270 valence electrons. The first-order valence-corrected chi connectivity index (χ1v) is 20.0. The molecule has 6 atom stereocenters. The molecule has 2 heterocycles. The molecule has 2 fully saturated rings. The number of allylic oxidation sites excluding steroid dienone is 1. The second-order valence-corrected chi connectivity index (χ2v) is 18.1. The quantitative estimate of drug-likeness (QED) is 0.322. The number of amides is 3. The van der Waals surface area contributed by atoms with Gasteiger partial charge in [-0.15, -0.1) is 4.36 Å². The van der Waals surface area contributed by atoms with Gasteiger partial charge in [0.05, 0.1) is 29.8 Å². The Morgan fingerprint density at radius 2 is 2.02 bits per heavy atom. The van der Waals surface area contributed by atoms with Crippen molar-refractivity contribution in [1.82, 2.24) is 10.0 Å². The van der Waals surface area contributed by atoms with E-state index in [0.29, 0.717) is 50.0 Å². The zero-order chi connectivity index (χ0) is 35.3. The summed E-state index contributed by atoms with van der Waals surface area (Å²) in [6, 6.07) is 10.6. The molecule has 5 aliphatic rings. The van der Waals surface area contributed by atoms with Crippen molar-refractivity contribution < 1.29 is 28.4 Å². The summed E-state index contributed by atoms with van der Waals surface area (Å²) < 4.78 is 33.8. The number of carbonyl (C=O) groups is 2. The third-order valence-corrected chi connectivity index (χ3v) is 13.7. The molecule has 1 spiro atoms. The van der Waals surface area contributed by atoms with Crippen LogP contribution in [0.15, 0.2) is 52.9 Å². The predicted molar refractivity (Wildman–Crippen MR) is 195 cm³/mol. The number of aryl methyl sites for hydroxylation is 1.